The van der Waals surface area contributed by atoms with Gasteiger partial charge in [-0.2, -0.15) is 0 Å². The molecule has 0 aliphatic carbocycles. The summed E-state index contributed by atoms with van der Waals surface area (Å²) in [4.78, 5) is 47.5. The second kappa shape index (κ2) is 9.50. The molecule has 0 fully saturated rings. The summed E-state index contributed by atoms with van der Waals surface area (Å²) in [6.45, 7) is 6.45. The third-order valence-corrected chi connectivity index (χ3v) is 3.49. The van der Waals surface area contributed by atoms with Crippen LogP contribution >= 0.6 is 0 Å². The van der Waals surface area contributed by atoms with Gasteiger partial charge in [0, 0.05) is 24.2 Å². The number of nitro groups is 1. The van der Waals surface area contributed by atoms with Gasteiger partial charge in [-0.15, -0.1) is 0 Å². The van der Waals surface area contributed by atoms with E-state index in [9.17, 15) is 24.5 Å². The standard InChI is InChI=1S/C17H23N3O6/c1-5-19(9-15(21)18-11(2)3)16(22)10-26-17(23)13-7-6-12(4)14(8-13)20(24)25/h6-8,11H,5,9-10H2,1-4H3,(H,18,21). The van der Waals surface area contributed by atoms with Crippen molar-refractivity contribution in [1.82, 2.24) is 10.2 Å². The van der Waals surface area contributed by atoms with E-state index in [1.165, 1.54) is 17.0 Å². The maximum atomic E-state index is 12.1. The molecule has 2 amide bonds. The average molecular weight is 365 g/mol. The summed E-state index contributed by atoms with van der Waals surface area (Å²) in [5.41, 5.74) is 0.193. The molecule has 1 rings (SSSR count). The Hall–Kier alpha value is -2.97. The molecule has 0 bridgehead atoms. The lowest BCUT2D eigenvalue weighted by Crippen LogP contribution is -2.44. The van der Waals surface area contributed by atoms with Gasteiger partial charge in [0.1, 0.15) is 0 Å². The Labute approximate surface area is 151 Å². The number of amides is 2. The lowest BCUT2D eigenvalue weighted by Gasteiger charge is -2.21. The molecule has 9 heteroatoms. The van der Waals surface area contributed by atoms with Gasteiger partial charge in [-0.05, 0) is 33.8 Å². The topological polar surface area (TPSA) is 119 Å². The van der Waals surface area contributed by atoms with Crippen molar-refractivity contribution in [2.75, 3.05) is 19.7 Å². The molecule has 0 spiro atoms. The normalized spacial score (nSPS) is 10.3. The number of esters is 1. The molecule has 9 nitrogen and oxygen atoms in total. The number of ether oxygens (including phenoxy) is 1. The quantitative estimate of drug-likeness (QED) is 0.423. The van der Waals surface area contributed by atoms with Gasteiger partial charge >= 0.3 is 5.97 Å². The Balaban J connectivity index is 2.68. The number of nitrogens with one attached hydrogen (secondary N) is 1. The second-order valence-corrected chi connectivity index (χ2v) is 5.96. The predicted molar refractivity (Wildman–Crippen MR) is 93.6 cm³/mol. The molecule has 0 aliphatic heterocycles. The fourth-order valence-electron chi connectivity index (χ4n) is 2.15. The summed E-state index contributed by atoms with van der Waals surface area (Å²) in [5, 5.41) is 13.6. The molecular weight excluding hydrogens is 342 g/mol. The summed E-state index contributed by atoms with van der Waals surface area (Å²) >= 11 is 0. The van der Waals surface area contributed by atoms with Crippen molar-refractivity contribution >= 4 is 23.5 Å². The number of nitrogens with zero attached hydrogens (tertiary/aromatic N) is 2. The molecule has 1 N–H and O–H groups in total. The third kappa shape index (κ3) is 6.15. The zero-order chi connectivity index (χ0) is 19.9. The van der Waals surface area contributed by atoms with Crippen LogP contribution in [0.5, 0.6) is 0 Å². The molecule has 0 atom stereocenters. The van der Waals surface area contributed by atoms with Gasteiger partial charge < -0.3 is 15.0 Å². The van der Waals surface area contributed by atoms with Gasteiger partial charge in [0.05, 0.1) is 17.0 Å². The molecule has 26 heavy (non-hydrogen) atoms. The molecule has 0 heterocycles. The Morgan fingerprint density at radius 1 is 1.31 bits per heavy atom. The minimum atomic E-state index is -0.843. The SMILES string of the molecule is CCN(CC(=O)NC(C)C)C(=O)COC(=O)c1ccc(C)c([N+](=O)[O-])c1. The smallest absolute Gasteiger partial charge is 0.338 e. The van der Waals surface area contributed by atoms with E-state index in [2.05, 4.69) is 5.32 Å². The zero-order valence-electron chi connectivity index (χ0n) is 15.3. The number of hydrogen-bond donors (Lipinski definition) is 1. The lowest BCUT2D eigenvalue weighted by atomic mass is 10.1. The average Bonchev–Trinajstić information content (AvgIpc) is 2.56. The Morgan fingerprint density at radius 3 is 2.50 bits per heavy atom. The van der Waals surface area contributed by atoms with Crippen LogP contribution < -0.4 is 5.32 Å². The van der Waals surface area contributed by atoms with E-state index in [0.717, 1.165) is 6.07 Å². The lowest BCUT2D eigenvalue weighted by molar-refractivity contribution is -0.385. The van der Waals surface area contributed by atoms with Gasteiger partial charge in [-0.25, -0.2) is 4.79 Å². The zero-order valence-corrected chi connectivity index (χ0v) is 15.3. The first-order valence-corrected chi connectivity index (χ1v) is 8.15. The summed E-state index contributed by atoms with van der Waals surface area (Å²) in [7, 11) is 0. The molecule has 0 radical (unpaired) electrons. The summed E-state index contributed by atoms with van der Waals surface area (Å²) in [5.74, 6) is -1.68. The van der Waals surface area contributed by atoms with Gasteiger partial charge in [0.15, 0.2) is 6.61 Å². The molecule has 0 saturated heterocycles. The number of likely N-dealkylation sites (N-methyl/N-ethyl adjacent to an activating group) is 1. The van der Waals surface area contributed by atoms with Crippen molar-refractivity contribution in [2.24, 2.45) is 0 Å². The predicted octanol–water partition coefficient (Wildman–Crippen LogP) is 1.43. The highest BCUT2D eigenvalue weighted by atomic mass is 16.6. The molecule has 0 unspecified atom stereocenters. The van der Waals surface area contributed by atoms with E-state index in [1.54, 1.807) is 27.7 Å². The van der Waals surface area contributed by atoms with Gasteiger partial charge in [0.25, 0.3) is 11.6 Å². The van der Waals surface area contributed by atoms with Gasteiger partial charge in [-0.1, -0.05) is 6.07 Å². The number of nitro benzene ring substituents is 1. The number of benzene rings is 1. The highest BCUT2D eigenvalue weighted by Gasteiger charge is 2.20. The fraction of sp³-hybridized carbons (Fsp3) is 0.471. The van der Waals surface area contributed by atoms with E-state index in [-0.39, 0.29) is 36.3 Å². The second-order valence-electron chi connectivity index (χ2n) is 5.96. The van der Waals surface area contributed by atoms with Crippen molar-refractivity contribution < 1.29 is 24.0 Å². The number of carbonyl (C=O) groups excluding carboxylic acids is 3. The number of carbonyl (C=O) groups is 3. The van der Waals surface area contributed by atoms with Crippen molar-refractivity contribution in [3.63, 3.8) is 0 Å². The van der Waals surface area contributed by atoms with E-state index >= 15 is 0 Å². The minimum absolute atomic E-state index is 0.0179. The molecule has 1 aromatic rings. The number of hydrogen-bond acceptors (Lipinski definition) is 6. The molecule has 0 saturated carbocycles. The maximum absolute atomic E-state index is 12.1. The molecule has 1 aromatic carbocycles. The molecule has 0 aliphatic rings. The van der Waals surface area contributed by atoms with Crippen LogP contribution in [-0.4, -0.2) is 53.3 Å². The highest BCUT2D eigenvalue weighted by molar-refractivity contribution is 5.92. The van der Waals surface area contributed by atoms with Gasteiger partial charge in [0.2, 0.25) is 5.91 Å². The Morgan fingerprint density at radius 2 is 1.96 bits per heavy atom. The van der Waals surface area contributed by atoms with Crippen molar-refractivity contribution in [2.45, 2.75) is 33.7 Å². The number of aryl methyl sites for hydroxylation is 1. The first-order valence-electron chi connectivity index (χ1n) is 8.15. The van der Waals surface area contributed by atoms with Crippen LogP contribution in [0.3, 0.4) is 0 Å². The van der Waals surface area contributed by atoms with Crippen LogP contribution in [0, 0.1) is 17.0 Å². The van der Waals surface area contributed by atoms with Crippen molar-refractivity contribution in [3.05, 3.63) is 39.4 Å². The maximum Gasteiger partial charge on any atom is 0.338 e. The molecular formula is C17H23N3O6. The summed E-state index contributed by atoms with van der Waals surface area (Å²) in [6, 6.07) is 3.88. The first kappa shape index (κ1) is 21.1. The van der Waals surface area contributed by atoms with Crippen LogP contribution in [0.4, 0.5) is 5.69 Å². The van der Waals surface area contributed by atoms with Crippen LogP contribution in [0.15, 0.2) is 18.2 Å². The van der Waals surface area contributed by atoms with Gasteiger partial charge in [-0.3, -0.25) is 19.7 Å². The van der Waals surface area contributed by atoms with Crippen LogP contribution in [0.1, 0.15) is 36.7 Å². The van der Waals surface area contributed by atoms with E-state index < -0.39 is 23.4 Å². The fourth-order valence-corrected chi connectivity index (χ4v) is 2.15. The first-order chi connectivity index (χ1) is 12.1. The van der Waals surface area contributed by atoms with E-state index in [4.69, 9.17) is 4.74 Å². The van der Waals surface area contributed by atoms with Crippen molar-refractivity contribution in [1.29, 1.82) is 0 Å². The minimum Gasteiger partial charge on any atom is -0.452 e. The molecule has 142 valence electrons. The largest absolute Gasteiger partial charge is 0.452 e. The Bertz CT molecular complexity index is 702. The third-order valence-electron chi connectivity index (χ3n) is 3.49. The molecule has 0 aromatic heterocycles. The Kier molecular flexibility index (Phi) is 7.70. The highest BCUT2D eigenvalue weighted by Crippen LogP contribution is 2.19. The van der Waals surface area contributed by atoms with Crippen molar-refractivity contribution in [3.8, 4) is 0 Å². The summed E-state index contributed by atoms with van der Waals surface area (Å²) < 4.78 is 4.93. The van der Waals surface area contributed by atoms with E-state index in [0.29, 0.717) is 5.56 Å². The van der Waals surface area contributed by atoms with Crippen LogP contribution in [0.25, 0.3) is 0 Å². The van der Waals surface area contributed by atoms with E-state index in [1.807, 2.05) is 0 Å². The van der Waals surface area contributed by atoms with Crippen LogP contribution in [-0.2, 0) is 14.3 Å². The number of rotatable bonds is 8. The monoisotopic (exact) mass is 365 g/mol. The van der Waals surface area contributed by atoms with Crippen LogP contribution in [0.2, 0.25) is 0 Å². The summed E-state index contributed by atoms with van der Waals surface area (Å²) in [6.07, 6.45) is 0.